The van der Waals surface area contributed by atoms with E-state index in [0.717, 1.165) is 29.1 Å². The Bertz CT molecular complexity index is 1270. The van der Waals surface area contributed by atoms with Crippen LogP contribution in [0.4, 0.5) is 0 Å². The molecular weight excluding hydrogens is 476 g/mol. The van der Waals surface area contributed by atoms with Gasteiger partial charge in [0.2, 0.25) is 11.5 Å². The van der Waals surface area contributed by atoms with Gasteiger partial charge < -0.3 is 20.4 Å². The van der Waals surface area contributed by atoms with Gasteiger partial charge in [0, 0.05) is 35.2 Å². The number of thiazole rings is 1. The van der Waals surface area contributed by atoms with Gasteiger partial charge in [-0.3, -0.25) is 20.4 Å². The van der Waals surface area contributed by atoms with E-state index in [9.17, 15) is 9.59 Å². The van der Waals surface area contributed by atoms with E-state index >= 15 is 0 Å². The summed E-state index contributed by atoms with van der Waals surface area (Å²) < 4.78 is 5.44. The number of H-pyrrole nitrogens is 1. The first-order valence-corrected chi connectivity index (χ1v) is 12.6. The highest BCUT2D eigenvalue weighted by Gasteiger charge is 2.33. The summed E-state index contributed by atoms with van der Waals surface area (Å²) >= 11 is 1.53. The molecule has 1 fully saturated rings. The highest BCUT2D eigenvalue weighted by atomic mass is 32.1. The second kappa shape index (κ2) is 12.4. The highest BCUT2D eigenvalue weighted by molar-refractivity contribution is 7.09. The fourth-order valence-corrected chi connectivity index (χ4v) is 5.02. The number of hydrogen-bond acceptors (Lipinski definition) is 8. The first-order valence-electron chi connectivity index (χ1n) is 11.8. The number of ether oxygens (including phenoxy) is 1. The van der Waals surface area contributed by atoms with Gasteiger partial charge in [-0.25, -0.2) is 4.98 Å². The zero-order valence-electron chi connectivity index (χ0n) is 20.7. The Morgan fingerprint density at radius 2 is 2.00 bits per heavy atom. The van der Waals surface area contributed by atoms with Crippen LogP contribution in [0.2, 0.25) is 0 Å². The number of nitrogens with two attached hydrogens (primary N) is 1. The smallest absolute Gasteiger partial charge is 0.254 e. The number of likely N-dealkylation sites (tertiary alicyclic amines) is 1. The molecular formula is C26H32N6O3S. The summed E-state index contributed by atoms with van der Waals surface area (Å²) in [6.45, 7) is 4.35. The Hall–Kier alpha value is -3.63. The topological polar surface area (TPSA) is 149 Å². The van der Waals surface area contributed by atoms with Crippen LogP contribution in [0, 0.1) is 23.7 Å². The first-order chi connectivity index (χ1) is 17.3. The molecule has 190 valence electrons. The summed E-state index contributed by atoms with van der Waals surface area (Å²) in [5.74, 6) is -0.982. The summed E-state index contributed by atoms with van der Waals surface area (Å²) in [7, 11) is 1.50. The van der Waals surface area contributed by atoms with Crippen molar-refractivity contribution in [1.82, 2.24) is 14.9 Å². The molecule has 10 heteroatoms. The number of rotatable bonds is 6. The van der Waals surface area contributed by atoms with E-state index in [2.05, 4.69) is 15.7 Å². The minimum Gasteiger partial charge on any atom is -0.423 e. The zero-order valence-corrected chi connectivity index (χ0v) is 21.5. The Morgan fingerprint density at radius 3 is 2.67 bits per heavy atom. The second-order valence-corrected chi connectivity index (χ2v) is 9.41. The van der Waals surface area contributed by atoms with Gasteiger partial charge in [0.15, 0.2) is 5.90 Å². The number of nitrogens with zero attached hydrogens (tertiary/aromatic N) is 2. The zero-order chi connectivity index (χ0) is 26.2. The van der Waals surface area contributed by atoms with Crippen LogP contribution >= 0.6 is 11.3 Å². The van der Waals surface area contributed by atoms with Gasteiger partial charge in [-0.2, -0.15) is 0 Å². The van der Waals surface area contributed by atoms with Crippen LogP contribution in [0.15, 0.2) is 52.6 Å². The van der Waals surface area contributed by atoms with Crippen LogP contribution in [-0.2, 0) is 11.2 Å². The van der Waals surface area contributed by atoms with Crippen molar-refractivity contribution < 1.29 is 9.53 Å². The van der Waals surface area contributed by atoms with Crippen molar-refractivity contribution >= 4 is 29.0 Å². The number of pyridine rings is 1. The highest BCUT2D eigenvalue weighted by Crippen LogP contribution is 2.34. The van der Waals surface area contributed by atoms with Crippen LogP contribution in [0.3, 0.4) is 0 Å². The minimum atomic E-state index is -0.501. The normalized spacial score (nSPS) is 15.6. The summed E-state index contributed by atoms with van der Waals surface area (Å²) in [5.41, 5.74) is 6.24. The molecule has 3 aromatic rings. The molecule has 0 bridgehead atoms. The summed E-state index contributed by atoms with van der Waals surface area (Å²) in [6.07, 6.45) is 2.28. The standard InChI is InChI=1S/C25H27N5O3S.CH5N/c1-15(11-17-7-4-3-5-8-17)22(26)33-23(27)19-12-18(13-21(31)29-19)25(32)30-10-6-9-20(30)24-28-16(2)14-34-24;1-2/h3-5,7-8,12-15,20,26-27H,6,9-11H2,1-2H3,(H,29,31);2H2,1H3. The Morgan fingerprint density at radius 1 is 1.28 bits per heavy atom. The minimum absolute atomic E-state index is 0.0633. The molecule has 2 atom stereocenters. The molecule has 1 saturated heterocycles. The molecule has 0 aliphatic carbocycles. The van der Waals surface area contributed by atoms with E-state index in [1.807, 2.05) is 49.6 Å². The lowest BCUT2D eigenvalue weighted by Gasteiger charge is -2.23. The number of aromatic amines is 1. The third-order valence-electron chi connectivity index (χ3n) is 5.82. The van der Waals surface area contributed by atoms with Crippen molar-refractivity contribution in [3.8, 4) is 0 Å². The van der Waals surface area contributed by atoms with Gasteiger partial charge in [0.1, 0.15) is 10.7 Å². The van der Waals surface area contributed by atoms with Crippen molar-refractivity contribution in [3.05, 3.63) is 85.7 Å². The Labute approximate surface area is 214 Å². The molecule has 36 heavy (non-hydrogen) atoms. The maximum atomic E-state index is 13.3. The number of aromatic nitrogens is 2. The van der Waals surface area contributed by atoms with Gasteiger partial charge in [-0.05, 0) is 44.9 Å². The number of benzene rings is 1. The number of nitrogens with one attached hydrogen (secondary N) is 3. The molecule has 2 aromatic heterocycles. The molecule has 3 heterocycles. The molecule has 1 amide bonds. The lowest BCUT2D eigenvalue weighted by atomic mass is 10.0. The molecule has 1 aliphatic heterocycles. The van der Waals surface area contributed by atoms with E-state index in [1.54, 1.807) is 4.90 Å². The SMILES string of the molecule is CN.Cc1csc(C2CCCN2C(=O)c2cc(C(=N)OC(=N)C(C)Cc3ccccc3)[nH]c(=O)c2)n1. The van der Waals surface area contributed by atoms with Crippen LogP contribution < -0.4 is 11.3 Å². The number of aryl methyl sites for hydroxylation is 1. The van der Waals surface area contributed by atoms with Gasteiger partial charge in [0.25, 0.3) is 5.91 Å². The maximum Gasteiger partial charge on any atom is 0.254 e. The number of amides is 1. The maximum absolute atomic E-state index is 13.3. The van der Waals surface area contributed by atoms with E-state index in [1.165, 1.54) is 30.5 Å². The van der Waals surface area contributed by atoms with Gasteiger partial charge in [-0.1, -0.05) is 37.3 Å². The van der Waals surface area contributed by atoms with Crippen LogP contribution in [0.1, 0.15) is 58.1 Å². The van der Waals surface area contributed by atoms with Gasteiger partial charge in [0.05, 0.1) is 6.04 Å². The predicted octanol–water partition coefficient (Wildman–Crippen LogP) is 3.89. The van der Waals surface area contributed by atoms with E-state index in [0.29, 0.717) is 13.0 Å². The third kappa shape index (κ3) is 6.52. The van der Waals surface area contributed by atoms with Crippen LogP contribution in [0.5, 0.6) is 0 Å². The van der Waals surface area contributed by atoms with Gasteiger partial charge in [-0.15, -0.1) is 11.3 Å². The van der Waals surface area contributed by atoms with E-state index < -0.39 is 5.56 Å². The monoisotopic (exact) mass is 508 g/mol. The lowest BCUT2D eigenvalue weighted by molar-refractivity contribution is 0.0735. The van der Waals surface area contributed by atoms with E-state index in [4.69, 9.17) is 15.6 Å². The Balaban J connectivity index is 0.00000176. The predicted molar refractivity (Wildman–Crippen MR) is 142 cm³/mol. The summed E-state index contributed by atoms with van der Waals surface area (Å²) in [4.78, 5) is 34.4. The third-order valence-corrected chi connectivity index (χ3v) is 6.88. The largest absolute Gasteiger partial charge is 0.423 e. The number of hydrogen-bond donors (Lipinski definition) is 4. The van der Waals surface area contributed by atoms with Crippen LogP contribution in [-0.4, -0.2) is 46.2 Å². The molecule has 0 radical (unpaired) electrons. The molecule has 9 nitrogen and oxygen atoms in total. The Kier molecular flexibility index (Phi) is 9.26. The van der Waals surface area contributed by atoms with Crippen molar-refractivity contribution in [3.63, 3.8) is 0 Å². The average molecular weight is 509 g/mol. The molecule has 5 N–H and O–H groups in total. The molecule has 4 rings (SSSR count). The average Bonchev–Trinajstić information content (AvgIpc) is 3.54. The molecule has 0 saturated carbocycles. The van der Waals surface area contributed by atoms with E-state index in [-0.39, 0.29) is 40.9 Å². The molecule has 1 aliphatic rings. The van der Waals surface area contributed by atoms with Crippen molar-refractivity contribution in [2.45, 2.75) is 39.2 Å². The van der Waals surface area contributed by atoms with Crippen molar-refractivity contribution in [2.24, 2.45) is 11.7 Å². The van der Waals surface area contributed by atoms with Crippen LogP contribution in [0.25, 0.3) is 0 Å². The quantitative estimate of drug-likeness (QED) is 0.294. The molecule has 1 aromatic carbocycles. The van der Waals surface area contributed by atoms with Gasteiger partial charge >= 0.3 is 0 Å². The number of carbonyl (C=O) groups is 1. The van der Waals surface area contributed by atoms with Crippen molar-refractivity contribution in [1.29, 1.82) is 10.8 Å². The molecule has 2 unspecified atom stereocenters. The summed E-state index contributed by atoms with van der Waals surface area (Å²) in [6, 6.07) is 12.3. The number of carbonyl (C=O) groups excluding carboxylic acids is 1. The second-order valence-electron chi connectivity index (χ2n) is 8.52. The first kappa shape index (κ1) is 27.0. The molecule has 0 spiro atoms. The summed E-state index contributed by atoms with van der Waals surface area (Å²) in [5, 5.41) is 19.4. The fourth-order valence-electron chi connectivity index (χ4n) is 4.07. The van der Waals surface area contributed by atoms with Crippen molar-refractivity contribution in [2.75, 3.05) is 13.6 Å². The lowest BCUT2D eigenvalue weighted by Crippen LogP contribution is -2.32. The fraction of sp³-hybridized carbons (Fsp3) is 0.346.